The van der Waals surface area contributed by atoms with Gasteiger partial charge < -0.3 is 5.11 Å². The van der Waals surface area contributed by atoms with Gasteiger partial charge in [-0.05, 0) is 47.0 Å². The van der Waals surface area contributed by atoms with Crippen LogP contribution < -0.4 is 0 Å². The summed E-state index contributed by atoms with van der Waals surface area (Å²) in [6.45, 7) is 3.86. The molecule has 0 fully saturated rings. The van der Waals surface area contributed by atoms with Crippen LogP contribution in [0.15, 0.2) is 47.2 Å². The van der Waals surface area contributed by atoms with Crippen LogP contribution in [0.4, 0.5) is 0 Å². The first-order valence-corrected chi connectivity index (χ1v) is 6.66. The molecule has 94 valence electrons. The second kappa shape index (κ2) is 5.21. The van der Waals surface area contributed by atoms with E-state index in [0.717, 1.165) is 21.2 Å². The number of halogens is 1. The number of aryl methyl sites for hydroxylation is 1. The van der Waals surface area contributed by atoms with Crippen LogP contribution >= 0.6 is 15.9 Å². The van der Waals surface area contributed by atoms with E-state index in [1.54, 1.807) is 12.4 Å². The molecule has 3 heteroatoms. The third-order valence-electron chi connectivity index (χ3n) is 2.95. The van der Waals surface area contributed by atoms with Gasteiger partial charge in [-0.25, -0.2) is 0 Å². The van der Waals surface area contributed by atoms with Crippen molar-refractivity contribution in [3.05, 3.63) is 63.9 Å². The molecular weight excluding hydrogens is 290 g/mol. The van der Waals surface area contributed by atoms with Gasteiger partial charge in [0, 0.05) is 23.3 Å². The summed E-state index contributed by atoms with van der Waals surface area (Å²) < 4.78 is 0.931. The molecule has 0 spiro atoms. The molecule has 0 saturated heterocycles. The van der Waals surface area contributed by atoms with E-state index in [1.807, 2.05) is 44.2 Å². The summed E-state index contributed by atoms with van der Waals surface area (Å²) in [5.41, 5.74) is 2.22. The predicted molar refractivity (Wildman–Crippen MR) is 76.4 cm³/mol. The number of aliphatic hydroxyl groups is 1. The molecule has 0 amide bonds. The van der Waals surface area contributed by atoms with Crippen molar-refractivity contribution in [2.24, 2.45) is 0 Å². The summed E-state index contributed by atoms with van der Waals surface area (Å²) in [7, 11) is 0. The van der Waals surface area contributed by atoms with Gasteiger partial charge in [0.2, 0.25) is 0 Å². The molecule has 1 N–H and O–H groups in total. The molecule has 1 heterocycles. The number of hydrogen-bond acceptors (Lipinski definition) is 2. The average Bonchev–Trinajstić information content (AvgIpc) is 2.28. The molecular formula is C15H16BrNO. The summed E-state index contributed by atoms with van der Waals surface area (Å²) in [5, 5.41) is 10.6. The van der Waals surface area contributed by atoms with Crippen LogP contribution in [-0.2, 0) is 12.0 Å². The monoisotopic (exact) mass is 305 g/mol. The van der Waals surface area contributed by atoms with Crippen LogP contribution in [0.3, 0.4) is 0 Å². The second-order valence-electron chi connectivity index (χ2n) is 4.83. The first-order valence-electron chi connectivity index (χ1n) is 5.86. The third kappa shape index (κ3) is 3.18. The van der Waals surface area contributed by atoms with Crippen molar-refractivity contribution in [3.8, 4) is 0 Å². The standard InChI is InChI=1S/C15H16BrNO/c1-11-4-3-5-13(6-11)15(2,18)8-12-7-14(16)10-17-9-12/h3-7,9-10,18H,8H2,1-2H3. The van der Waals surface area contributed by atoms with Crippen LogP contribution in [0, 0.1) is 6.92 Å². The Morgan fingerprint density at radius 3 is 2.72 bits per heavy atom. The number of nitrogens with zero attached hydrogens (tertiary/aromatic N) is 1. The molecule has 18 heavy (non-hydrogen) atoms. The Bertz CT molecular complexity index is 552. The number of aromatic nitrogens is 1. The van der Waals surface area contributed by atoms with Crippen molar-refractivity contribution < 1.29 is 5.11 Å². The Morgan fingerprint density at radius 1 is 1.28 bits per heavy atom. The minimum Gasteiger partial charge on any atom is -0.385 e. The molecule has 0 bridgehead atoms. The summed E-state index contributed by atoms with van der Waals surface area (Å²) in [6.07, 6.45) is 4.07. The molecule has 1 unspecified atom stereocenters. The Balaban J connectivity index is 2.26. The van der Waals surface area contributed by atoms with Crippen LogP contribution in [0.1, 0.15) is 23.6 Å². The molecule has 0 aliphatic rings. The van der Waals surface area contributed by atoms with Crippen molar-refractivity contribution in [2.45, 2.75) is 25.9 Å². The number of benzene rings is 1. The highest BCUT2D eigenvalue weighted by molar-refractivity contribution is 9.10. The zero-order valence-corrected chi connectivity index (χ0v) is 12.1. The average molecular weight is 306 g/mol. The molecule has 0 saturated carbocycles. The number of hydrogen-bond donors (Lipinski definition) is 1. The largest absolute Gasteiger partial charge is 0.385 e. The maximum atomic E-state index is 10.6. The highest BCUT2D eigenvalue weighted by atomic mass is 79.9. The maximum Gasteiger partial charge on any atom is 0.0909 e. The van der Waals surface area contributed by atoms with Crippen molar-refractivity contribution in [2.75, 3.05) is 0 Å². The zero-order valence-electron chi connectivity index (χ0n) is 10.5. The smallest absolute Gasteiger partial charge is 0.0909 e. The molecule has 0 aliphatic heterocycles. The van der Waals surface area contributed by atoms with E-state index >= 15 is 0 Å². The van der Waals surface area contributed by atoms with E-state index in [4.69, 9.17) is 0 Å². The van der Waals surface area contributed by atoms with Gasteiger partial charge >= 0.3 is 0 Å². The SMILES string of the molecule is Cc1cccc(C(C)(O)Cc2cncc(Br)c2)c1. The van der Waals surface area contributed by atoms with E-state index < -0.39 is 5.60 Å². The minimum absolute atomic E-state index is 0.545. The van der Waals surface area contributed by atoms with Crippen LogP contribution in [-0.4, -0.2) is 10.1 Å². The van der Waals surface area contributed by atoms with Crippen molar-refractivity contribution in [1.29, 1.82) is 0 Å². The molecule has 0 aliphatic carbocycles. The van der Waals surface area contributed by atoms with Gasteiger partial charge in [0.05, 0.1) is 5.60 Å². The van der Waals surface area contributed by atoms with E-state index in [0.29, 0.717) is 6.42 Å². The van der Waals surface area contributed by atoms with E-state index in [9.17, 15) is 5.11 Å². The molecule has 2 rings (SSSR count). The molecule has 1 aromatic carbocycles. The lowest BCUT2D eigenvalue weighted by Gasteiger charge is -2.24. The number of rotatable bonds is 3. The highest BCUT2D eigenvalue weighted by Gasteiger charge is 2.23. The van der Waals surface area contributed by atoms with E-state index in [-0.39, 0.29) is 0 Å². The Morgan fingerprint density at radius 2 is 2.06 bits per heavy atom. The Kier molecular flexibility index (Phi) is 3.83. The van der Waals surface area contributed by atoms with Gasteiger partial charge in [0.25, 0.3) is 0 Å². The third-order valence-corrected chi connectivity index (χ3v) is 3.38. The van der Waals surface area contributed by atoms with Gasteiger partial charge in [0.15, 0.2) is 0 Å². The lowest BCUT2D eigenvalue weighted by molar-refractivity contribution is 0.0575. The van der Waals surface area contributed by atoms with Gasteiger partial charge in [0.1, 0.15) is 0 Å². The van der Waals surface area contributed by atoms with E-state index in [1.165, 1.54) is 0 Å². The molecule has 0 radical (unpaired) electrons. The normalized spacial score (nSPS) is 14.2. The lowest BCUT2D eigenvalue weighted by Crippen LogP contribution is -2.24. The first-order chi connectivity index (χ1) is 8.47. The Labute approximate surface area is 116 Å². The van der Waals surface area contributed by atoms with Gasteiger partial charge in [-0.2, -0.15) is 0 Å². The van der Waals surface area contributed by atoms with Gasteiger partial charge in [-0.1, -0.05) is 29.8 Å². The fourth-order valence-electron chi connectivity index (χ4n) is 2.03. The van der Waals surface area contributed by atoms with Crippen molar-refractivity contribution in [1.82, 2.24) is 4.98 Å². The predicted octanol–water partition coefficient (Wildman–Crippen LogP) is 3.60. The molecule has 2 aromatic rings. The summed E-state index contributed by atoms with van der Waals surface area (Å²) in [5.74, 6) is 0. The van der Waals surface area contributed by atoms with Gasteiger partial charge in [-0.15, -0.1) is 0 Å². The quantitative estimate of drug-likeness (QED) is 0.940. The summed E-state index contributed by atoms with van der Waals surface area (Å²) in [6, 6.07) is 9.96. The van der Waals surface area contributed by atoms with Gasteiger partial charge in [-0.3, -0.25) is 4.98 Å². The van der Waals surface area contributed by atoms with Crippen LogP contribution in [0.25, 0.3) is 0 Å². The fourth-order valence-corrected chi connectivity index (χ4v) is 2.44. The molecule has 1 aromatic heterocycles. The van der Waals surface area contributed by atoms with Crippen LogP contribution in [0.5, 0.6) is 0 Å². The lowest BCUT2D eigenvalue weighted by atomic mass is 9.89. The maximum absolute atomic E-state index is 10.6. The topological polar surface area (TPSA) is 33.1 Å². The second-order valence-corrected chi connectivity index (χ2v) is 5.75. The van der Waals surface area contributed by atoms with Crippen molar-refractivity contribution >= 4 is 15.9 Å². The fraction of sp³-hybridized carbons (Fsp3) is 0.267. The highest BCUT2D eigenvalue weighted by Crippen LogP contribution is 2.26. The Hall–Kier alpha value is -1.19. The van der Waals surface area contributed by atoms with Crippen molar-refractivity contribution in [3.63, 3.8) is 0 Å². The van der Waals surface area contributed by atoms with E-state index in [2.05, 4.69) is 20.9 Å². The number of pyridine rings is 1. The molecule has 1 atom stereocenters. The van der Waals surface area contributed by atoms with Crippen LogP contribution in [0.2, 0.25) is 0 Å². The molecule has 2 nitrogen and oxygen atoms in total. The zero-order chi connectivity index (χ0) is 13.2. The summed E-state index contributed by atoms with van der Waals surface area (Å²) >= 11 is 3.39. The minimum atomic E-state index is -0.880. The first kappa shape index (κ1) is 13.2. The summed E-state index contributed by atoms with van der Waals surface area (Å²) in [4.78, 5) is 4.12.